The standard InChI is InChI=1S/C27H34N2O4/c1-4-5-26-25-12-8-20-16-22(32-3)11-13-23(20)24(25)14-15-27(26,2)18-28-33-17-19-6-9-21(10-7-19)29(30)31/h6-7,9-11,13,16,18,24-26H,4-5,8,12,14-15,17H2,1-3H3/b28-18+/t24-,25-,26+,27-/m1/s1. The Hall–Kier alpha value is -2.89. The highest BCUT2D eigenvalue weighted by Crippen LogP contribution is 2.55. The van der Waals surface area contributed by atoms with E-state index in [1.54, 1.807) is 19.2 Å². The van der Waals surface area contributed by atoms with Crippen LogP contribution in [0, 0.1) is 27.4 Å². The number of methoxy groups -OCH3 is 1. The summed E-state index contributed by atoms with van der Waals surface area (Å²) in [5.74, 6) is 2.79. The van der Waals surface area contributed by atoms with Crippen LogP contribution in [0.1, 0.15) is 68.6 Å². The molecule has 0 unspecified atom stereocenters. The summed E-state index contributed by atoms with van der Waals surface area (Å²) in [5.41, 5.74) is 3.94. The highest BCUT2D eigenvalue weighted by Gasteiger charge is 2.47. The van der Waals surface area contributed by atoms with Crippen LogP contribution in [-0.4, -0.2) is 18.2 Å². The van der Waals surface area contributed by atoms with Crippen LogP contribution < -0.4 is 4.74 Å². The molecule has 0 heterocycles. The normalized spacial score (nSPS) is 26.5. The number of fused-ring (bicyclic) bond motifs is 3. The molecule has 0 bridgehead atoms. The van der Waals surface area contributed by atoms with Crippen molar-refractivity contribution >= 4 is 11.9 Å². The Morgan fingerprint density at radius 3 is 2.70 bits per heavy atom. The van der Waals surface area contributed by atoms with E-state index in [9.17, 15) is 10.1 Å². The molecule has 0 amide bonds. The molecule has 33 heavy (non-hydrogen) atoms. The van der Waals surface area contributed by atoms with Gasteiger partial charge in [-0.1, -0.05) is 31.5 Å². The molecule has 1 saturated carbocycles. The van der Waals surface area contributed by atoms with E-state index in [0.29, 0.717) is 24.4 Å². The fourth-order valence-corrected chi connectivity index (χ4v) is 6.03. The van der Waals surface area contributed by atoms with Gasteiger partial charge < -0.3 is 9.57 Å². The molecule has 6 nitrogen and oxygen atoms in total. The molecular formula is C27H34N2O4. The third-order valence-electron chi connectivity index (χ3n) is 7.77. The molecule has 1 fully saturated rings. The molecule has 6 heteroatoms. The average Bonchev–Trinajstić information content (AvgIpc) is 2.83. The second-order valence-electron chi connectivity index (χ2n) is 9.74. The zero-order valence-corrected chi connectivity index (χ0v) is 19.8. The molecule has 2 aliphatic rings. The summed E-state index contributed by atoms with van der Waals surface area (Å²) in [7, 11) is 1.74. The molecular weight excluding hydrogens is 416 g/mol. The lowest BCUT2D eigenvalue weighted by Crippen LogP contribution is -2.43. The number of aryl methyl sites for hydroxylation is 1. The number of nitrogens with zero attached hydrogens (tertiary/aromatic N) is 2. The van der Waals surface area contributed by atoms with Crippen LogP contribution in [0.2, 0.25) is 0 Å². The number of rotatable bonds is 8. The van der Waals surface area contributed by atoms with Crippen LogP contribution in [0.15, 0.2) is 47.6 Å². The number of oxime groups is 1. The first-order chi connectivity index (χ1) is 15.9. The third kappa shape index (κ3) is 4.90. The van der Waals surface area contributed by atoms with E-state index >= 15 is 0 Å². The molecule has 0 aliphatic heterocycles. The summed E-state index contributed by atoms with van der Waals surface area (Å²) < 4.78 is 5.45. The van der Waals surface area contributed by atoms with E-state index in [4.69, 9.17) is 9.57 Å². The van der Waals surface area contributed by atoms with Crippen molar-refractivity contribution < 1.29 is 14.5 Å². The van der Waals surface area contributed by atoms with Crippen molar-refractivity contribution in [2.75, 3.05) is 7.11 Å². The maximum absolute atomic E-state index is 10.8. The van der Waals surface area contributed by atoms with Gasteiger partial charge >= 0.3 is 0 Å². The average molecular weight is 451 g/mol. The van der Waals surface area contributed by atoms with Crippen molar-refractivity contribution in [3.63, 3.8) is 0 Å². The Balaban J connectivity index is 1.45. The summed E-state index contributed by atoms with van der Waals surface area (Å²) in [6, 6.07) is 13.1. The smallest absolute Gasteiger partial charge is 0.269 e. The second-order valence-corrected chi connectivity index (χ2v) is 9.74. The summed E-state index contributed by atoms with van der Waals surface area (Å²) in [6.07, 6.45) is 8.97. The van der Waals surface area contributed by atoms with Gasteiger partial charge in [0.2, 0.25) is 0 Å². The zero-order chi connectivity index (χ0) is 23.4. The van der Waals surface area contributed by atoms with Gasteiger partial charge in [0.05, 0.1) is 12.0 Å². The highest BCUT2D eigenvalue weighted by atomic mass is 16.6. The lowest BCUT2D eigenvalue weighted by molar-refractivity contribution is -0.384. The van der Waals surface area contributed by atoms with Crippen LogP contribution >= 0.6 is 0 Å². The maximum atomic E-state index is 10.8. The minimum absolute atomic E-state index is 0.0105. The number of hydrogen-bond donors (Lipinski definition) is 0. The van der Waals surface area contributed by atoms with Crippen LogP contribution in [0.5, 0.6) is 5.75 Å². The van der Waals surface area contributed by atoms with Gasteiger partial charge in [-0.15, -0.1) is 0 Å². The molecule has 2 aromatic carbocycles. The van der Waals surface area contributed by atoms with Gasteiger partial charge in [-0.3, -0.25) is 10.1 Å². The monoisotopic (exact) mass is 450 g/mol. The van der Waals surface area contributed by atoms with E-state index < -0.39 is 4.92 Å². The lowest BCUT2D eigenvalue weighted by atomic mass is 9.54. The highest BCUT2D eigenvalue weighted by molar-refractivity contribution is 5.65. The largest absolute Gasteiger partial charge is 0.497 e. The summed E-state index contributed by atoms with van der Waals surface area (Å²) in [4.78, 5) is 16.0. The first kappa shape index (κ1) is 23.3. The Bertz CT molecular complexity index is 1000. The van der Waals surface area contributed by atoms with Crippen molar-refractivity contribution in [1.82, 2.24) is 0 Å². The van der Waals surface area contributed by atoms with E-state index in [1.165, 1.54) is 36.1 Å². The van der Waals surface area contributed by atoms with Crippen LogP contribution in [0.3, 0.4) is 0 Å². The number of hydrogen-bond acceptors (Lipinski definition) is 5. The van der Waals surface area contributed by atoms with Gasteiger partial charge in [0.1, 0.15) is 12.4 Å². The zero-order valence-electron chi connectivity index (χ0n) is 19.8. The van der Waals surface area contributed by atoms with Crippen LogP contribution in [0.25, 0.3) is 0 Å². The fourth-order valence-electron chi connectivity index (χ4n) is 6.03. The van der Waals surface area contributed by atoms with Crippen molar-refractivity contribution in [2.24, 2.45) is 22.4 Å². The number of non-ortho nitro benzene ring substituents is 1. The molecule has 0 radical (unpaired) electrons. The van der Waals surface area contributed by atoms with Crippen LogP contribution in [-0.2, 0) is 17.9 Å². The Morgan fingerprint density at radius 2 is 2.00 bits per heavy atom. The SMILES string of the molecule is CCC[C@H]1[C@@H]2CCc3cc(OC)ccc3[C@H]2CC[C@]1(C)/C=N/OCc1ccc([N+](=O)[O-])cc1. The molecule has 4 atom stereocenters. The van der Waals surface area contributed by atoms with Gasteiger partial charge in [-0.25, -0.2) is 0 Å². The predicted octanol–water partition coefficient (Wildman–Crippen LogP) is 6.67. The molecule has 0 saturated heterocycles. The topological polar surface area (TPSA) is 74.0 Å². The second kappa shape index (κ2) is 9.94. The summed E-state index contributed by atoms with van der Waals surface area (Å²) >= 11 is 0. The first-order valence-electron chi connectivity index (χ1n) is 12.0. The van der Waals surface area contributed by atoms with E-state index in [1.807, 2.05) is 6.21 Å². The Morgan fingerprint density at radius 1 is 1.21 bits per heavy atom. The van der Waals surface area contributed by atoms with Gasteiger partial charge in [-0.05, 0) is 90.8 Å². The summed E-state index contributed by atoms with van der Waals surface area (Å²) in [6.45, 7) is 4.92. The van der Waals surface area contributed by atoms with Crippen molar-refractivity contribution in [1.29, 1.82) is 0 Å². The van der Waals surface area contributed by atoms with Crippen molar-refractivity contribution in [3.8, 4) is 5.75 Å². The van der Waals surface area contributed by atoms with E-state index in [2.05, 4.69) is 37.2 Å². The molecule has 2 aromatic rings. The maximum Gasteiger partial charge on any atom is 0.269 e. The van der Waals surface area contributed by atoms with Gasteiger partial charge in [0.15, 0.2) is 0 Å². The number of nitro benzene ring substituents is 1. The molecule has 176 valence electrons. The number of benzene rings is 2. The minimum atomic E-state index is -0.395. The molecule has 0 spiro atoms. The minimum Gasteiger partial charge on any atom is -0.497 e. The Labute approximate surface area is 196 Å². The first-order valence-corrected chi connectivity index (χ1v) is 12.0. The van der Waals surface area contributed by atoms with Gasteiger partial charge in [0, 0.05) is 23.8 Å². The van der Waals surface area contributed by atoms with E-state index in [-0.39, 0.29) is 11.1 Å². The molecule has 0 N–H and O–H groups in total. The van der Waals surface area contributed by atoms with Crippen LogP contribution in [0.4, 0.5) is 5.69 Å². The molecule has 4 rings (SSSR count). The lowest BCUT2D eigenvalue weighted by Gasteiger charge is -2.50. The van der Waals surface area contributed by atoms with E-state index in [0.717, 1.165) is 37.0 Å². The molecule has 2 aliphatic carbocycles. The van der Waals surface area contributed by atoms with Gasteiger partial charge in [0.25, 0.3) is 5.69 Å². The molecule has 0 aromatic heterocycles. The van der Waals surface area contributed by atoms with Gasteiger partial charge in [-0.2, -0.15) is 0 Å². The number of ether oxygens (including phenoxy) is 1. The number of nitro groups is 1. The van der Waals surface area contributed by atoms with Crippen molar-refractivity contribution in [3.05, 3.63) is 69.3 Å². The third-order valence-corrected chi connectivity index (χ3v) is 7.77. The Kier molecular flexibility index (Phi) is 7.01. The summed E-state index contributed by atoms with van der Waals surface area (Å²) in [5, 5.41) is 15.2. The predicted molar refractivity (Wildman–Crippen MR) is 130 cm³/mol. The fraction of sp³-hybridized carbons (Fsp3) is 0.519. The van der Waals surface area contributed by atoms with Crippen molar-refractivity contribution in [2.45, 2.75) is 64.9 Å². The quantitative estimate of drug-likeness (QED) is 0.256.